The normalized spacial score (nSPS) is 11.5. The minimum absolute atomic E-state index is 0.0249. The maximum absolute atomic E-state index is 13.1. The van der Waals surface area contributed by atoms with Gasteiger partial charge in [-0.05, 0) is 51.5 Å². The second kappa shape index (κ2) is 10.1. The number of aryl methyl sites for hydroxylation is 1. The number of aromatic nitrogens is 3. The molecule has 4 aromatic rings. The van der Waals surface area contributed by atoms with Crippen LogP contribution < -0.4 is 5.56 Å². The third kappa shape index (κ3) is 5.29. The Labute approximate surface area is 191 Å². The maximum Gasteiger partial charge on any atom is 0.262 e. The molecule has 0 saturated carbocycles. The molecule has 7 heteroatoms. The van der Waals surface area contributed by atoms with Crippen LogP contribution in [0, 0.1) is 6.92 Å². The average Bonchev–Trinajstić information content (AvgIpc) is 3.26. The highest BCUT2D eigenvalue weighted by Crippen LogP contribution is 2.25. The van der Waals surface area contributed by atoms with Crippen molar-refractivity contribution in [1.29, 1.82) is 0 Å². The summed E-state index contributed by atoms with van der Waals surface area (Å²) in [5.74, 6) is 1.15. The fraction of sp³-hybridized carbons (Fsp3) is 0.320. The number of thioether (sulfide) groups is 1. The van der Waals surface area contributed by atoms with Gasteiger partial charge in [-0.25, -0.2) is 9.97 Å². The molecule has 0 aliphatic heterocycles. The summed E-state index contributed by atoms with van der Waals surface area (Å²) in [6.45, 7) is 7.22. The van der Waals surface area contributed by atoms with E-state index in [2.05, 4.69) is 4.98 Å². The van der Waals surface area contributed by atoms with E-state index in [1.54, 1.807) is 10.8 Å². The smallest absolute Gasteiger partial charge is 0.262 e. The van der Waals surface area contributed by atoms with Gasteiger partial charge in [-0.2, -0.15) is 0 Å². The molecule has 0 saturated heterocycles. The van der Waals surface area contributed by atoms with Crippen LogP contribution in [0.3, 0.4) is 0 Å². The van der Waals surface area contributed by atoms with Crippen LogP contribution in [-0.4, -0.2) is 27.2 Å². The highest BCUT2D eigenvalue weighted by atomic mass is 32.2. The van der Waals surface area contributed by atoms with Crippen molar-refractivity contribution in [3.63, 3.8) is 0 Å². The molecule has 0 radical (unpaired) electrons. The Bertz CT molecular complexity index is 1250. The summed E-state index contributed by atoms with van der Waals surface area (Å²) in [6.07, 6.45) is 2.58. The number of benzene rings is 2. The Morgan fingerprint density at radius 2 is 1.88 bits per heavy atom. The summed E-state index contributed by atoms with van der Waals surface area (Å²) < 4.78 is 13.1. The van der Waals surface area contributed by atoms with Gasteiger partial charge in [0.1, 0.15) is 6.26 Å². The Hall–Kier alpha value is -2.90. The largest absolute Gasteiger partial charge is 0.444 e. The molecule has 0 unspecified atom stereocenters. The van der Waals surface area contributed by atoms with Gasteiger partial charge in [0.2, 0.25) is 5.89 Å². The molecule has 0 atom stereocenters. The van der Waals surface area contributed by atoms with E-state index in [0.29, 0.717) is 40.9 Å². The summed E-state index contributed by atoms with van der Waals surface area (Å²) in [5.41, 5.74) is 3.62. The van der Waals surface area contributed by atoms with Gasteiger partial charge in [0.25, 0.3) is 5.56 Å². The van der Waals surface area contributed by atoms with Crippen LogP contribution in [0.25, 0.3) is 22.4 Å². The molecule has 2 aromatic carbocycles. The quantitative estimate of drug-likeness (QED) is 0.192. The highest BCUT2D eigenvalue weighted by Gasteiger charge is 2.13. The van der Waals surface area contributed by atoms with Crippen molar-refractivity contribution in [2.75, 3.05) is 6.61 Å². The molecule has 166 valence electrons. The van der Waals surface area contributed by atoms with Crippen molar-refractivity contribution in [2.45, 2.75) is 50.8 Å². The van der Waals surface area contributed by atoms with Gasteiger partial charge in [0.15, 0.2) is 5.16 Å². The minimum atomic E-state index is -0.0249. The van der Waals surface area contributed by atoms with E-state index >= 15 is 0 Å². The van der Waals surface area contributed by atoms with Crippen LogP contribution in [0.2, 0.25) is 0 Å². The lowest BCUT2D eigenvalue weighted by Crippen LogP contribution is -2.24. The molecule has 0 N–H and O–H groups in total. The highest BCUT2D eigenvalue weighted by molar-refractivity contribution is 7.98. The lowest BCUT2D eigenvalue weighted by molar-refractivity contribution is 0.0743. The van der Waals surface area contributed by atoms with Gasteiger partial charge in [-0.1, -0.05) is 41.6 Å². The number of oxazole rings is 1. The fourth-order valence-corrected chi connectivity index (χ4v) is 4.24. The van der Waals surface area contributed by atoms with Gasteiger partial charge in [-0.15, -0.1) is 0 Å². The summed E-state index contributed by atoms with van der Waals surface area (Å²) in [7, 11) is 0. The van der Waals surface area contributed by atoms with Crippen LogP contribution in [0.15, 0.2) is 69.2 Å². The van der Waals surface area contributed by atoms with Crippen molar-refractivity contribution in [3.8, 4) is 11.5 Å². The average molecular weight is 450 g/mol. The predicted octanol–water partition coefficient (Wildman–Crippen LogP) is 5.47. The molecule has 0 amide bonds. The molecule has 0 bridgehead atoms. The second-order valence-corrected chi connectivity index (χ2v) is 8.88. The van der Waals surface area contributed by atoms with Crippen molar-refractivity contribution >= 4 is 22.7 Å². The lowest BCUT2D eigenvalue weighted by Gasteiger charge is -2.13. The number of rotatable bonds is 9. The van der Waals surface area contributed by atoms with Crippen molar-refractivity contribution < 1.29 is 9.15 Å². The number of para-hydroxylation sites is 1. The number of hydrogen-bond donors (Lipinski definition) is 0. The fourth-order valence-electron chi connectivity index (χ4n) is 3.34. The molecule has 2 heterocycles. The van der Waals surface area contributed by atoms with Crippen molar-refractivity contribution in [1.82, 2.24) is 14.5 Å². The molecular formula is C25H27N3O3S. The first-order valence-electron chi connectivity index (χ1n) is 10.8. The zero-order valence-electron chi connectivity index (χ0n) is 18.6. The SMILES string of the molecule is Cc1ccc(-c2nc(CSc3nc4ccccc4c(=O)n3CCCOC(C)C)co2)cc1. The van der Waals surface area contributed by atoms with Gasteiger partial charge in [0.05, 0.1) is 22.7 Å². The van der Waals surface area contributed by atoms with Crippen molar-refractivity contribution in [2.24, 2.45) is 0 Å². The standard InChI is InChI=1S/C25H27N3O3S/c1-17(2)30-14-6-13-28-24(29)21-7-4-5-8-22(21)27-25(28)32-16-20-15-31-23(26-20)19-11-9-18(3)10-12-19/h4-5,7-12,15,17H,6,13-14,16H2,1-3H3. The third-order valence-corrected chi connectivity index (χ3v) is 6.01. The molecule has 32 heavy (non-hydrogen) atoms. The molecular weight excluding hydrogens is 422 g/mol. The van der Waals surface area contributed by atoms with Crippen LogP contribution in [0.4, 0.5) is 0 Å². The van der Waals surface area contributed by atoms with Gasteiger partial charge < -0.3 is 9.15 Å². The molecule has 0 aliphatic carbocycles. The Kier molecular flexibility index (Phi) is 7.07. The monoisotopic (exact) mass is 449 g/mol. The summed E-state index contributed by atoms with van der Waals surface area (Å²) in [6, 6.07) is 15.5. The topological polar surface area (TPSA) is 70.2 Å². The first-order chi connectivity index (χ1) is 15.5. The van der Waals surface area contributed by atoms with E-state index < -0.39 is 0 Å². The van der Waals surface area contributed by atoms with E-state index in [1.165, 1.54) is 17.3 Å². The molecule has 0 aliphatic rings. The Morgan fingerprint density at radius 1 is 1.09 bits per heavy atom. The van der Waals surface area contributed by atoms with E-state index in [9.17, 15) is 4.79 Å². The van der Waals surface area contributed by atoms with Crippen LogP contribution in [0.1, 0.15) is 31.5 Å². The first-order valence-corrected chi connectivity index (χ1v) is 11.8. The van der Waals surface area contributed by atoms with Crippen LogP contribution in [0.5, 0.6) is 0 Å². The zero-order chi connectivity index (χ0) is 22.5. The minimum Gasteiger partial charge on any atom is -0.444 e. The first kappa shape index (κ1) is 22.3. The summed E-state index contributed by atoms with van der Waals surface area (Å²) >= 11 is 1.49. The van der Waals surface area contributed by atoms with Crippen LogP contribution in [-0.2, 0) is 17.0 Å². The number of nitrogens with zero attached hydrogens (tertiary/aromatic N) is 3. The summed E-state index contributed by atoms with van der Waals surface area (Å²) in [4.78, 5) is 22.5. The number of ether oxygens (including phenoxy) is 1. The molecule has 0 fully saturated rings. The van der Waals surface area contributed by atoms with E-state index in [-0.39, 0.29) is 11.7 Å². The predicted molar refractivity (Wildman–Crippen MR) is 128 cm³/mol. The maximum atomic E-state index is 13.1. The Morgan fingerprint density at radius 3 is 2.66 bits per heavy atom. The van der Waals surface area contributed by atoms with Crippen LogP contribution >= 0.6 is 11.8 Å². The number of fused-ring (bicyclic) bond motifs is 1. The van der Waals surface area contributed by atoms with Crippen molar-refractivity contribution in [3.05, 3.63) is 76.4 Å². The molecule has 0 spiro atoms. The van der Waals surface area contributed by atoms with Gasteiger partial charge >= 0.3 is 0 Å². The lowest BCUT2D eigenvalue weighted by atomic mass is 10.1. The number of hydrogen-bond acceptors (Lipinski definition) is 6. The molecule has 6 nitrogen and oxygen atoms in total. The van der Waals surface area contributed by atoms with E-state index in [4.69, 9.17) is 14.1 Å². The molecule has 2 aromatic heterocycles. The Balaban J connectivity index is 1.54. The van der Waals surface area contributed by atoms with E-state index in [1.807, 2.05) is 69.3 Å². The third-order valence-electron chi connectivity index (χ3n) is 5.00. The second-order valence-electron chi connectivity index (χ2n) is 7.94. The van der Waals surface area contributed by atoms with E-state index in [0.717, 1.165) is 17.7 Å². The molecule has 4 rings (SSSR count). The zero-order valence-corrected chi connectivity index (χ0v) is 19.4. The van der Waals surface area contributed by atoms with Gasteiger partial charge in [0, 0.05) is 24.5 Å². The van der Waals surface area contributed by atoms with Gasteiger partial charge in [-0.3, -0.25) is 9.36 Å². The summed E-state index contributed by atoms with van der Waals surface area (Å²) in [5, 5.41) is 1.31.